The molecule has 0 bridgehead atoms. The molecule has 1 N–H and O–H groups in total. The Labute approximate surface area is 194 Å². The van der Waals surface area contributed by atoms with Crippen LogP contribution < -0.4 is 5.32 Å². The zero-order valence-electron chi connectivity index (χ0n) is 17.3. The van der Waals surface area contributed by atoms with Crippen molar-refractivity contribution in [1.29, 1.82) is 5.26 Å². The van der Waals surface area contributed by atoms with Crippen molar-refractivity contribution in [2.75, 3.05) is 5.32 Å². The third kappa shape index (κ3) is 3.79. The Hall–Kier alpha value is -4.22. The predicted molar refractivity (Wildman–Crippen MR) is 125 cm³/mol. The average molecular weight is 452 g/mol. The van der Waals surface area contributed by atoms with Crippen LogP contribution in [0.15, 0.2) is 84.0 Å². The maximum absolute atomic E-state index is 13.5. The molecular weight excluding hydrogens is 434 g/mol. The van der Waals surface area contributed by atoms with Gasteiger partial charge in [-0.05, 0) is 30.3 Å². The quantitative estimate of drug-likeness (QED) is 0.354. The predicted octanol–water partition coefficient (Wildman–Crippen LogP) is 4.50. The normalized spacial score (nSPS) is 12.7. The van der Waals surface area contributed by atoms with Gasteiger partial charge in [0.1, 0.15) is 5.69 Å². The van der Waals surface area contributed by atoms with E-state index in [0.717, 1.165) is 27.4 Å². The van der Waals surface area contributed by atoms with Crippen molar-refractivity contribution in [2.45, 2.75) is 10.6 Å². The maximum atomic E-state index is 13.5. The third-order valence-electron chi connectivity index (χ3n) is 5.31. The third-order valence-corrected chi connectivity index (χ3v) is 6.41. The highest BCUT2D eigenvalue weighted by molar-refractivity contribution is 7.98. The molecule has 4 aromatic rings. The minimum atomic E-state index is -1.53. The lowest BCUT2D eigenvalue weighted by Gasteiger charge is -2.18. The molecule has 0 saturated heterocycles. The van der Waals surface area contributed by atoms with Crippen molar-refractivity contribution in [3.63, 3.8) is 0 Å². The van der Waals surface area contributed by atoms with Gasteiger partial charge in [0.2, 0.25) is 11.7 Å². The summed E-state index contributed by atoms with van der Waals surface area (Å²) in [7, 11) is 0. The number of para-hydroxylation sites is 1. The molecular formula is C25H17N5O2S. The van der Waals surface area contributed by atoms with Gasteiger partial charge in [0.15, 0.2) is 5.92 Å². The van der Waals surface area contributed by atoms with Gasteiger partial charge in [-0.1, -0.05) is 36.4 Å². The summed E-state index contributed by atoms with van der Waals surface area (Å²) in [4.78, 5) is 31.3. The Balaban J connectivity index is 1.59. The molecule has 2 aromatic heterocycles. The molecule has 0 aliphatic carbocycles. The van der Waals surface area contributed by atoms with Crippen LogP contribution in [0.1, 0.15) is 16.1 Å². The summed E-state index contributed by atoms with van der Waals surface area (Å²) >= 11 is 1.60. The number of pyridine rings is 1. The molecule has 1 aliphatic rings. The summed E-state index contributed by atoms with van der Waals surface area (Å²) < 4.78 is 1.73. The monoisotopic (exact) mass is 451 g/mol. The first-order chi connectivity index (χ1) is 16.2. The van der Waals surface area contributed by atoms with Crippen molar-refractivity contribution < 1.29 is 9.59 Å². The minimum Gasteiger partial charge on any atom is -0.323 e. The number of nitrogens with zero attached hydrogens (tertiary/aromatic N) is 4. The summed E-state index contributed by atoms with van der Waals surface area (Å²) in [5.74, 6) is -2.34. The lowest BCUT2D eigenvalue weighted by Crippen LogP contribution is -2.29. The number of hydrogen-bond donors (Lipinski definition) is 1. The Morgan fingerprint density at radius 2 is 1.85 bits per heavy atom. The van der Waals surface area contributed by atoms with Crippen LogP contribution in [-0.2, 0) is 10.5 Å². The molecule has 8 heteroatoms. The van der Waals surface area contributed by atoms with Crippen LogP contribution in [0.5, 0.6) is 0 Å². The van der Waals surface area contributed by atoms with Gasteiger partial charge in [-0.2, -0.15) is 10.4 Å². The molecule has 5 rings (SSSR count). The van der Waals surface area contributed by atoms with Crippen LogP contribution >= 0.6 is 11.8 Å². The number of fused-ring (bicyclic) bond motifs is 3. The van der Waals surface area contributed by atoms with Crippen LogP contribution in [-0.4, -0.2) is 26.5 Å². The van der Waals surface area contributed by atoms with Gasteiger partial charge in [-0.3, -0.25) is 14.6 Å². The summed E-state index contributed by atoms with van der Waals surface area (Å²) in [6, 6.07) is 22.6. The van der Waals surface area contributed by atoms with Gasteiger partial charge in [0, 0.05) is 28.0 Å². The van der Waals surface area contributed by atoms with Crippen molar-refractivity contribution in [2.24, 2.45) is 5.92 Å². The van der Waals surface area contributed by atoms with E-state index < -0.39 is 17.6 Å². The first-order valence-corrected chi connectivity index (χ1v) is 11.2. The molecule has 2 aromatic carbocycles. The molecule has 160 valence electrons. The molecule has 7 nitrogen and oxygen atoms in total. The number of carbonyl (C=O) groups is 2. The maximum Gasteiger partial charge on any atom is 0.249 e. The molecule has 1 amide bonds. The van der Waals surface area contributed by atoms with E-state index in [1.54, 1.807) is 34.8 Å². The summed E-state index contributed by atoms with van der Waals surface area (Å²) in [5, 5.41) is 16.9. The van der Waals surface area contributed by atoms with E-state index in [4.69, 9.17) is 0 Å². The van der Waals surface area contributed by atoms with Crippen LogP contribution in [0.2, 0.25) is 0 Å². The van der Waals surface area contributed by atoms with Crippen molar-refractivity contribution in [3.05, 3.63) is 90.4 Å². The number of benzene rings is 2. The smallest absolute Gasteiger partial charge is 0.249 e. The Bertz CT molecular complexity index is 1390. The van der Waals surface area contributed by atoms with Gasteiger partial charge in [-0.15, -0.1) is 11.8 Å². The average Bonchev–Trinajstić information content (AvgIpc) is 3.26. The van der Waals surface area contributed by atoms with Crippen molar-refractivity contribution in [3.8, 4) is 23.0 Å². The Kier molecular flexibility index (Phi) is 5.47. The van der Waals surface area contributed by atoms with Crippen LogP contribution in [0.25, 0.3) is 16.9 Å². The second-order valence-corrected chi connectivity index (χ2v) is 8.38. The van der Waals surface area contributed by atoms with Gasteiger partial charge < -0.3 is 5.32 Å². The highest BCUT2D eigenvalue weighted by atomic mass is 32.2. The van der Waals surface area contributed by atoms with Crippen LogP contribution in [0.4, 0.5) is 5.69 Å². The number of anilines is 1. The number of carbonyl (C=O) groups excluding carboxylic acids is 2. The fourth-order valence-corrected chi connectivity index (χ4v) is 4.85. The van der Waals surface area contributed by atoms with Crippen LogP contribution in [0.3, 0.4) is 0 Å². The SMILES string of the molecule is N#CC(C(=O)Nc1cccnc1)C(=O)c1nn(-c2ccccc2)c2c1CSc1ccccc1-2. The summed E-state index contributed by atoms with van der Waals surface area (Å²) in [6.45, 7) is 0. The van der Waals surface area contributed by atoms with Gasteiger partial charge >= 0.3 is 0 Å². The molecule has 33 heavy (non-hydrogen) atoms. The van der Waals surface area contributed by atoms with Gasteiger partial charge in [-0.25, -0.2) is 4.68 Å². The molecule has 1 atom stereocenters. The van der Waals surface area contributed by atoms with Crippen LogP contribution in [0, 0.1) is 17.2 Å². The standard InChI is InChI=1S/C25H17N5O2S/c26-13-19(25(32)28-16-7-6-12-27-14-16)24(31)22-20-15-33-21-11-5-4-10-18(21)23(20)30(29-22)17-8-2-1-3-9-17/h1-12,14,19H,15H2,(H,28,32). The topological polar surface area (TPSA) is 101 Å². The zero-order chi connectivity index (χ0) is 22.8. The second-order valence-electron chi connectivity index (χ2n) is 7.37. The number of nitrogens with one attached hydrogen (secondary N) is 1. The van der Waals surface area contributed by atoms with E-state index in [-0.39, 0.29) is 5.69 Å². The number of thioether (sulfide) groups is 1. The van der Waals surface area contributed by atoms with Crippen molar-refractivity contribution in [1.82, 2.24) is 14.8 Å². The lowest BCUT2D eigenvalue weighted by molar-refractivity contribution is -0.117. The number of aromatic nitrogens is 3. The second kappa shape index (κ2) is 8.73. The number of amides is 1. The highest BCUT2D eigenvalue weighted by Crippen LogP contribution is 2.43. The van der Waals surface area contributed by atoms with E-state index >= 15 is 0 Å². The minimum absolute atomic E-state index is 0.142. The number of Topliss-reactive ketones (excluding diaryl/α,β-unsaturated/α-hetero) is 1. The number of hydrogen-bond acceptors (Lipinski definition) is 6. The first kappa shape index (κ1) is 20.7. The zero-order valence-corrected chi connectivity index (χ0v) is 18.1. The van der Waals surface area contributed by atoms with Gasteiger partial charge in [0.25, 0.3) is 0 Å². The van der Waals surface area contributed by atoms with E-state index in [2.05, 4.69) is 15.4 Å². The van der Waals surface area contributed by atoms with Crippen molar-refractivity contribution >= 4 is 29.1 Å². The van der Waals surface area contributed by atoms with Gasteiger partial charge in [0.05, 0.1) is 29.3 Å². The Morgan fingerprint density at radius 1 is 1.06 bits per heavy atom. The molecule has 0 radical (unpaired) electrons. The number of nitriles is 1. The molecule has 1 aliphatic heterocycles. The molecule has 3 heterocycles. The van der Waals surface area contributed by atoms with E-state index in [1.165, 1.54) is 6.20 Å². The largest absolute Gasteiger partial charge is 0.323 e. The van der Waals surface area contributed by atoms with E-state index in [9.17, 15) is 14.9 Å². The molecule has 1 unspecified atom stereocenters. The van der Waals surface area contributed by atoms with E-state index in [0.29, 0.717) is 11.4 Å². The fourth-order valence-electron chi connectivity index (χ4n) is 3.78. The Morgan fingerprint density at radius 3 is 2.61 bits per heavy atom. The number of ketones is 1. The highest BCUT2D eigenvalue weighted by Gasteiger charge is 2.35. The molecule has 0 fully saturated rings. The summed E-state index contributed by atoms with van der Waals surface area (Å²) in [5.41, 5.74) is 3.85. The number of rotatable bonds is 5. The van der Waals surface area contributed by atoms with E-state index in [1.807, 2.05) is 60.7 Å². The summed E-state index contributed by atoms with van der Waals surface area (Å²) in [6.07, 6.45) is 3.02. The first-order valence-electron chi connectivity index (χ1n) is 10.2. The fraction of sp³-hybridized carbons (Fsp3) is 0.0800. The molecule has 0 saturated carbocycles. The molecule has 0 spiro atoms. The lowest BCUT2D eigenvalue weighted by atomic mass is 9.97.